The Kier molecular flexibility index (Phi) is 9.61. The normalized spacial score (nSPS) is 26.8. The SMILES string of the molecule is NC(=O)c1cccc(C(N)=O)c1.NC1CCC(CCCC2CCC(N)CC2)CC1. The average molecular weight is 403 g/mol. The Labute approximate surface area is 174 Å². The molecule has 0 radical (unpaired) electrons. The molecule has 0 aromatic heterocycles. The summed E-state index contributed by atoms with van der Waals surface area (Å²) in [5, 5.41) is 0. The van der Waals surface area contributed by atoms with Gasteiger partial charge in [0.15, 0.2) is 0 Å². The number of benzene rings is 1. The van der Waals surface area contributed by atoms with Gasteiger partial charge in [0.05, 0.1) is 0 Å². The van der Waals surface area contributed by atoms with E-state index < -0.39 is 11.8 Å². The Hall–Kier alpha value is -1.92. The van der Waals surface area contributed by atoms with E-state index in [1.165, 1.54) is 88.8 Å². The van der Waals surface area contributed by atoms with Gasteiger partial charge in [0.1, 0.15) is 0 Å². The molecule has 0 heterocycles. The minimum Gasteiger partial charge on any atom is -0.366 e. The third-order valence-electron chi connectivity index (χ3n) is 6.44. The molecule has 6 heteroatoms. The lowest BCUT2D eigenvalue weighted by Gasteiger charge is -2.28. The molecule has 29 heavy (non-hydrogen) atoms. The molecule has 8 N–H and O–H groups in total. The zero-order valence-corrected chi connectivity index (χ0v) is 17.5. The summed E-state index contributed by atoms with van der Waals surface area (Å²) in [6, 6.07) is 6.98. The van der Waals surface area contributed by atoms with Gasteiger partial charge in [0, 0.05) is 23.2 Å². The molecular formula is C23H38N4O2. The quantitative estimate of drug-likeness (QED) is 0.580. The third kappa shape index (κ3) is 8.54. The number of hydrogen-bond acceptors (Lipinski definition) is 4. The first-order valence-electron chi connectivity index (χ1n) is 11.1. The summed E-state index contributed by atoms with van der Waals surface area (Å²) in [5.74, 6) is 0.831. The van der Waals surface area contributed by atoms with E-state index in [1.807, 2.05) is 0 Å². The highest BCUT2D eigenvalue weighted by Crippen LogP contribution is 2.31. The number of rotatable bonds is 6. The molecule has 2 amide bonds. The van der Waals surface area contributed by atoms with Crippen molar-refractivity contribution in [2.24, 2.45) is 34.8 Å². The minimum atomic E-state index is -0.571. The number of amides is 2. The second kappa shape index (κ2) is 11.9. The fraction of sp³-hybridized carbons (Fsp3) is 0.652. The second-order valence-corrected chi connectivity index (χ2v) is 8.80. The number of carbonyl (C=O) groups is 2. The van der Waals surface area contributed by atoms with Crippen molar-refractivity contribution in [3.05, 3.63) is 35.4 Å². The van der Waals surface area contributed by atoms with Crippen molar-refractivity contribution in [2.75, 3.05) is 0 Å². The van der Waals surface area contributed by atoms with Crippen LogP contribution in [0.25, 0.3) is 0 Å². The lowest BCUT2D eigenvalue weighted by molar-refractivity contribution is 0.0999. The predicted molar refractivity (Wildman–Crippen MR) is 117 cm³/mol. The molecule has 162 valence electrons. The summed E-state index contributed by atoms with van der Waals surface area (Å²) in [6.07, 6.45) is 15.0. The Morgan fingerprint density at radius 2 is 1.10 bits per heavy atom. The molecule has 2 aliphatic carbocycles. The highest BCUT2D eigenvalue weighted by Gasteiger charge is 2.20. The predicted octanol–water partition coefficient (Wildman–Crippen LogP) is 3.08. The standard InChI is InChI=1S/C15H30N2.C8H8N2O2/c16-14-8-4-12(5-9-14)2-1-3-13-6-10-15(17)11-7-13;9-7(11)5-2-1-3-6(4-5)8(10)12/h12-15H,1-11,16-17H2;1-4H,(H2,9,11)(H2,10,12). The molecular weight excluding hydrogens is 364 g/mol. The van der Waals surface area contributed by atoms with Crippen molar-refractivity contribution in [3.63, 3.8) is 0 Å². The average Bonchev–Trinajstić information content (AvgIpc) is 2.71. The zero-order valence-electron chi connectivity index (χ0n) is 17.5. The van der Waals surface area contributed by atoms with E-state index in [2.05, 4.69) is 0 Å². The Balaban J connectivity index is 0.000000221. The summed E-state index contributed by atoms with van der Waals surface area (Å²) in [7, 11) is 0. The van der Waals surface area contributed by atoms with Gasteiger partial charge in [-0.25, -0.2) is 0 Å². The number of hydrogen-bond donors (Lipinski definition) is 4. The van der Waals surface area contributed by atoms with Crippen molar-refractivity contribution >= 4 is 11.8 Å². The molecule has 0 bridgehead atoms. The van der Waals surface area contributed by atoms with Crippen molar-refractivity contribution in [3.8, 4) is 0 Å². The van der Waals surface area contributed by atoms with Gasteiger partial charge in [-0.2, -0.15) is 0 Å². The van der Waals surface area contributed by atoms with Gasteiger partial charge in [0.25, 0.3) is 0 Å². The Bertz CT molecular complexity index is 597. The molecule has 1 aromatic rings. The van der Waals surface area contributed by atoms with Gasteiger partial charge in [-0.05, 0) is 81.4 Å². The van der Waals surface area contributed by atoms with Crippen LogP contribution in [0, 0.1) is 11.8 Å². The summed E-state index contributed by atoms with van der Waals surface area (Å²) < 4.78 is 0. The monoisotopic (exact) mass is 402 g/mol. The molecule has 2 aliphatic rings. The minimum absolute atomic E-state index is 0.284. The lowest BCUT2D eigenvalue weighted by atomic mass is 9.80. The summed E-state index contributed by atoms with van der Waals surface area (Å²) >= 11 is 0. The maximum atomic E-state index is 10.6. The molecule has 6 nitrogen and oxygen atoms in total. The van der Waals surface area contributed by atoms with Gasteiger partial charge in [0.2, 0.25) is 11.8 Å². The number of carbonyl (C=O) groups excluding carboxylic acids is 2. The van der Waals surface area contributed by atoms with Crippen LogP contribution in [0.4, 0.5) is 0 Å². The first-order valence-corrected chi connectivity index (χ1v) is 11.1. The van der Waals surface area contributed by atoms with Gasteiger partial charge >= 0.3 is 0 Å². The fourth-order valence-corrected chi connectivity index (χ4v) is 4.47. The van der Waals surface area contributed by atoms with Crippen LogP contribution in [0.15, 0.2) is 24.3 Å². The third-order valence-corrected chi connectivity index (χ3v) is 6.44. The van der Waals surface area contributed by atoms with E-state index in [-0.39, 0.29) is 11.1 Å². The first kappa shape index (κ1) is 23.4. The van der Waals surface area contributed by atoms with Crippen molar-refractivity contribution in [2.45, 2.75) is 82.7 Å². The topological polar surface area (TPSA) is 138 Å². The van der Waals surface area contributed by atoms with E-state index in [0.29, 0.717) is 12.1 Å². The maximum Gasteiger partial charge on any atom is 0.248 e. The van der Waals surface area contributed by atoms with Gasteiger partial charge in [-0.15, -0.1) is 0 Å². The molecule has 0 atom stereocenters. The summed E-state index contributed by atoms with van der Waals surface area (Å²) in [4.78, 5) is 21.3. The molecule has 3 rings (SSSR count). The van der Waals surface area contributed by atoms with Crippen LogP contribution < -0.4 is 22.9 Å². The molecule has 2 fully saturated rings. The fourth-order valence-electron chi connectivity index (χ4n) is 4.47. The van der Waals surface area contributed by atoms with E-state index in [4.69, 9.17) is 22.9 Å². The molecule has 2 saturated carbocycles. The van der Waals surface area contributed by atoms with Gasteiger partial charge in [-0.1, -0.05) is 25.3 Å². The van der Waals surface area contributed by atoms with Crippen molar-refractivity contribution in [1.29, 1.82) is 0 Å². The lowest BCUT2D eigenvalue weighted by Crippen LogP contribution is -2.27. The van der Waals surface area contributed by atoms with Gasteiger partial charge < -0.3 is 22.9 Å². The van der Waals surface area contributed by atoms with E-state index >= 15 is 0 Å². The van der Waals surface area contributed by atoms with Crippen molar-refractivity contribution in [1.82, 2.24) is 0 Å². The van der Waals surface area contributed by atoms with Crippen LogP contribution >= 0.6 is 0 Å². The Morgan fingerprint density at radius 1 is 0.724 bits per heavy atom. The maximum absolute atomic E-state index is 10.6. The smallest absolute Gasteiger partial charge is 0.248 e. The van der Waals surface area contributed by atoms with Crippen LogP contribution in [-0.2, 0) is 0 Å². The van der Waals surface area contributed by atoms with Crippen LogP contribution in [0.1, 0.15) is 91.3 Å². The molecule has 1 aromatic carbocycles. The molecule has 0 spiro atoms. The molecule has 0 saturated heterocycles. The van der Waals surface area contributed by atoms with Crippen LogP contribution in [-0.4, -0.2) is 23.9 Å². The summed E-state index contributed by atoms with van der Waals surface area (Å²) in [6.45, 7) is 0. The van der Waals surface area contributed by atoms with Crippen molar-refractivity contribution < 1.29 is 9.59 Å². The largest absolute Gasteiger partial charge is 0.366 e. The number of nitrogens with two attached hydrogens (primary N) is 4. The van der Waals surface area contributed by atoms with Crippen LogP contribution in [0.2, 0.25) is 0 Å². The Morgan fingerprint density at radius 3 is 1.45 bits per heavy atom. The highest BCUT2D eigenvalue weighted by molar-refractivity contribution is 5.98. The van der Waals surface area contributed by atoms with Gasteiger partial charge in [-0.3, -0.25) is 9.59 Å². The van der Waals surface area contributed by atoms with E-state index in [0.717, 1.165) is 11.8 Å². The van der Waals surface area contributed by atoms with Crippen LogP contribution in [0.3, 0.4) is 0 Å². The molecule has 0 unspecified atom stereocenters. The van der Waals surface area contributed by atoms with E-state index in [1.54, 1.807) is 6.07 Å². The second-order valence-electron chi connectivity index (χ2n) is 8.80. The zero-order chi connectivity index (χ0) is 21.2. The summed E-state index contributed by atoms with van der Waals surface area (Å²) in [5.41, 5.74) is 22.4. The highest BCUT2D eigenvalue weighted by atomic mass is 16.1. The van der Waals surface area contributed by atoms with E-state index in [9.17, 15) is 9.59 Å². The molecule has 0 aliphatic heterocycles. The number of primary amides is 2. The first-order chi connectivity index (χ1) is 13.8. The van der Waals surface area contributed by atoms with Crippen LogP contribution in [0.5, 0.6) is 0 Å².